The van der Waals surface area contributed by atoms with Gasteiger partial charge in [0.2, 0.25) is 5.88 Å². The molecule has 0 bridgehead atoms. The van der Waals surface area contributed by atoms with Crippen LogP contribution >= 0.6 is 0 Å². The maximum absolute atomic E-state index is 12.5. The second kappa shape index (κ2) is 7.17. The van der Waals surface area contributed by atoms with Crippen molar-refractivity contribution in [3.8, 4) is 5.88 Å². The first-order chi connectivity index (χ1) is 12.7. The topological polar surface area (TPSA) is 88.1 Å². The molecule has 3 aromatic heterocycles. The summed E-state index contributed by atoms with van der Waals surface area (Å²) in [6, 6.07) is 5.45. The average Bonchev–Trinajstić information content (AvgIpc) is 3.36. The van der Waals surface area contributed by atoms with Crippen molar-refractivity contribution in [3.05, 3.63) is 36.2 Å². The molecule has 0 aromatic carbocycles. The van der Waals surface area contributed by atoms with E-state index in [-0.39, 0.29) is 5.91 Å². The van der Waals surface area contributed by atoms with Crippen molar-refractivity contribution in [3.63, 3.8) is 0 Å². The summed E-state index contributed by atoms with van der Waals surface area (Å²) < 4.78 is 7.42. The van der Waals surface area contributed by atoms with E-state index in [0.717, 1.165) is 25.2 Å². The molecule has 3 aromatic rings. The number of H-pyrrole nitrogens is 1. The molecule has 8 nitrogen and oxygen atoms in total. The molecule has 0 saturated carbocycles. The number of nitrogens with one attached hydrogen (secondary N) is 2. The molecular formula is C18H22N6O2. The smallest absolute Gasteiger partial charge is 0.260 e. The van der Waals surface area contributed by atoms with Crippen molar-refractivity contribution in [1.82, 2.24) is 24.6 Å². The van der Waals surface area contributed by atoms with E-state index < -0.39 is 0 Å². The lowest BCUT2D eigenvalue weighted by Gasteiger charge is -2.14. The number of aromatic nitrogens is 4. The van der Waals surface area contributed by atoms with E-state index >= 15 is 0 Å². The Balaban J connectivity index is 1.46. The Morgan fingerprint density at radius 1 is 1.31 bits per heavy atom. The second-order valence-corrected chi connectivity index (χ2v) is 6.47. The Kier molecular flexibility index (Phi) is 4.57. The minimum absolute atomic E-state index is 0.253. The van der Waals surface area contributed by atoms with Gasteiger partial charge in [-0.05, 0) is 32.0 Å². The van der Waals surface area contributed by atoms with Gasteiger partial charge in [-0.1, -0.05) is 0 Å². The van der Waals surface area contributed by atoms with Crippen LogP contribution in [0.3, 0.4) is 0 Å². The van der Waals surface area contributed by atoms with E-state index in [9.17, 15) is 4.79 Å². The lowest BCUT2D eigenvalue weighted by molar-refractivity contribution is 0.102. The van der Waals surface area contributed by atoms with Crippen LogP contribution in [-0.2, 0) is 7.05 Å². The van der Waals surface area contributed by atoms with Gasteiger partial charge >= 0.3 is 0 Å². The minimum Gasteiger partial charge on any atom is -0.476 e. The molecule has 1 aliphatic heterocycles. The third-order valence-corrected chi connectivity index (χ3v) is 4.55. The number of nitrogens with zero attached hydrogens (tertiary/aromatic N) is 4. The third-order valence-electron chi connectivity index (χ3n) is 4.55. The summed E-state index contributed by atoms with van der Waals surface area (Å²) in [4.78, 5) is 22.5. The quantitative estimate of drug-likeness (QED) is 0.707. The number of amides is 1. The number of likely N-dealkylation sites (tertiary alicyclic amines) is 1. The molecule has 4 heterocycles. The SMILES string of the molecule is Cn1ccc(NC(=O)c2c[nH]c3ccc(OCCN4CCCC4)nc23)n1. The van der Waals surface area contributed by atoms with E-state index in [1.165, 1.54) is 12.8 Å². The molecule has 0 unspecified atom stereocenters. The average molecular weight is 354 g/mol. The molecule has 0 spiro atoms. The first-order valence-electron chi connectivity index (χ1n) is 8.83. The Hall–Kier alpha value is -2.87. The molecule has 0 aliphatic carbocycles. The van der Waals surface area contributed by atoms with Crippen molar-refractivity contribution >= 4 is 22.8 Å². The Bertz CT molecular complexity index is 909. The Morgan fingerprint density at radius 2 is 2.15 bits per heavy atom. The summed E-state index contributed by atoms with van der Waals surface area (Å²) in [5.74, 6) is 0.782. The van der Waals surface area contributed by atoms with E-state index in [0.29, 0.717) is 29.4 Å². The number of hydrogen-bond donors (Lipinski definition) is 2. The number of ether oxygens (including phenoxy) is 1. The van der Waals surface area contributed by atoms with Gasteiger partial charge in [0, 0.05) is 38.1 Å². The van der Waals surface area contributed by atoms with Gasteiger partial charge in [-0.25, -0.2) is 4.98 Å². The van der Waals surface area contributed by atoms with Gasteiger partial charge in [-0.15, -0.1) is 0 Å². The fraction of sp³-hybridized carbons (Fsp3) is 0.389. The van der Waals surface area contributed by atoms with E-state index in [1.807, 2.05) is 12.1 Å². The normalized spacial score (nSPS) is 14.8. The number of carbonyl (C=O) groups is 1. The zero-order valence-corrected chi connectivity index (χ0v) is 14.7. The second-order valence-electron chi connectivity index (χ2n) is 6.47. The highest BCUT2D eigenvalue weighted by Crippen LogP contribution is 2.21. The van der Waals surface area contributed by atoms with Crippen molar-refractivity contribution in [2.45, 2.75) is 12.8 Å². The highest BCUT2D eigenvalue weighted by Gasteiger charge is 2.16. The number of rotatable bonds is 6. The van der Waals surface area contributed by atoms with E-state index in [2.05, 4.69) is 25.3 Å². The molecule has 1 aliphatic rings. The van der Waals surface area contributed by atoms with Crippen molar-refractivity contribution in [1.29, 1.82) is 0 Å². The number of anilines is 1. The highest BCUT2D eigenvalue weighted by atomic mass is 16.5. The van der Waals surface area contributed by atoms with Crippen LogP contribution < -0.4 is 10.1 Å². The van der Waals surface area contributed by atoms with Crippen LogP contribution in [-0.4, -0.2) is 56.8 Å². The van der Waals surface area contributed by atoms with Gasteiger partial charge in [-0.3, -0.25) is 14.4 Å². The van der Waals surface area contributed by atoms with Gasteiger partial charge in [0.25, 0.3) is 5.91 Å². The summed E-state index contributed by atoms with van der Waals surface area (Å²) in [5.41, 5.74) is 1.86. The number of carbonyl (C=O) groups excluding carboxylic acids is 1. The monoisotopic (exact) mass is 354 g/mol. The largest absolute Gasteiger partial charge is 0.476 e. The summed E-state index contributed by atoms with van der Waals surface area (Å²) in [7, 11) is 1.80. The maximum atomic E-state index is 12.5. The Morgan fingerprint density at radius 3 is 2.92 bits per heavy atom. The molecule has 2 N–H and O–H groups in total. The molecule has 8 heteroatoms. The van der Waals surface area contributed by atoms with Crippen LogP contribution in [0.25, 0.3) is 11.0 Å². The first kappa shape index (κ1) is 16.6. The summed E-state index contributed by atoms with van der Waals surface area (Å²) in [6.45, 7) is 3.79. The van der Waals surface area contributed by atoms with Crippen molar-refractivity contribution in [2.24, 2.45) is 7.05 Å². The molecule has 26 heavy (non-hydrogen) atoms. The lowest BCUT2D eigenvalue weighted by Crippen LogP contribution is -2.25. The number of fused-ring (bicyclic) bond motifs is 1. The zero-order chi connectivity index (χ0) is 17.9. The number of pyridine rings is 1. The van der Waals surface area contributed by atoms with Gasteiger partial charge in [0.15, 0.2) is 5.82 Å². The van der Waals surface area contributed by atoms with Crippen LogP contribution in [0.5, 0.6) is 5.88 Å². The van der Waals surface area contributed by atoms with Gasteiger partial charge in [0.1, 0.15) is 12.1 Å². The third kappa shape index (κ3) is 3.55. The molecule has 4 rings (SSSR count). The van der Waals surface area contributed by atoms with Crippen LogP contribution in [0.4, 0.5) is 5.82 Å². The van der Waals surface area contributed by atoms with Crippen molar-refractivity contribution < 1.29 is 9.53 Å². The van der Waals surface area contributed by atoms with E-state index in [1.54, 1.807) is 30.2 Å². The van der Waals surface area contributed by atoms with Gasteiger partial charge < -0.3 is 15.0 Å². The molecule has 0 radical (unpaired) electrons. The zero-order valence-electron chi connectivity index (χ0n) is 14.7. The summed E-state index contributed by atoms with van der Waals surface area (Å²) in [5, 5.41) is 6.94. The lowest BCUT2D eigenvalue weighted by atomic mass is 10.2. The van der Waals surface area contributed by atoms with Crippen molar-refractivity contribution in [2.75, 3.05) is 31.6 Å². The molecule has 1 saturated heterocycles. The summed E-state index contributed by atoms with van der Waals surface area (Å²) in [6.07, 6.45) is 5.96. The molecule has 136 valence electrons. The molecule has 1 fully saturated rings. The Labute approximate surface area is 151 Å². The van der Waals surface area contributed by atoms with Crippen LogP contribution in [0.1, 0.15) is 23.2 Å². The fourth-order valence-corrected chi connectivity index (χ4v) is 3.19. The molecule has 0 atom stereocenters. The number of aromatic amines is 1. The first-order valence-corrected chi connectivity index (χ1v) is 8.83. The fourth-order valence-electron chi connectivity index (χ4n) is 3.19. The van der Waals surface area contributed by atoms with Crippen LogP contribution in [0.15, 0.2) is 30.6 Å². The standard InChI is InChI=1S/C18H22N6O2/c1-23-9-6-15(22-23)20-18(25)13-12-19-14-4-5-16(21-17(13)14)26-11-10-24-7-2-3-8-24/h4-6,9,12,19H,2-3,7-8,10-11H2,1H3,(H,20,22,25). The maximum Gasteiger partial charge on any atom is 0.260 e. The van der Waals surface area contributed by atoms with Crippen LogP contribution in [0.2, 0.25) is 0 Å². The minimum atomic E-state index is -0.253. The van der Waals surface area contributed by atoms with E-state index in [4.69, 9.17) is 4.74 Å². The molecule has 1 amide bonds. The molecular weight excluding hydrogens is 332 g/mol. The predicted molar refractivity (Wildman–Crippen MR) is 98.4 cm³/mol. The van der Waals surface area contributed by atoms with Crippen LogP contribution in [0, 0.1) is 0 Å². The predicted octanol–water partition coefficient (Wildman–Crippen LogP) is 2.02. The summed E-state index contributed by atoms with van der Waals surface area (Å²) >= 11 is 0. The highest BCUT2D eigenvalue weighted by molar-refractivity contribution is 6.11. The van der Waals surface area contributed by atoms with Gasteiger partial charge in [0.05, 0.1) is 11.1 Å². The number of hydrogen-bond acceptors (Lipinski definition) is 5. The number of aryl methyl sites for hydroxylation is 1. The van der Waals surface area contributed by atoms with Gasteiger partial charge in [-0.2, -0.15) is 5.10 Å².